The van der Waals surface area contributed by atoms with E-state index in [4.69, 9.17) is 0 Å². The van der Waals surface area contributed by atoms with Crippen molar-refractivity contribution in [2.75, 3.05) is 49.1 Å². The molecule has 1 aromatic rings. The lowest BCUT2D eigenvalue weighted by molar-refractivity contribution is -0.119. The Morgan fingerprint density at radius 1 is 1.21 bits per heavy atom. The fraction of sp³-hybridized carbons (Fsp3) is 0.706. The zero-order valence-electron chi connectivity index (χ0n) is 14.2. The number of thioether (sulfide) groups is 1. The Labute approximate surface area is 148 Å². The van der Waals surface area contributed by atoms with Crippen molar-refractivity contribution < 1.29 is 4.79 Å². The van der Waals surface area contributed by atoms with Crippen molar-refractivity contribution >= 4 is 23.6 Å². The van der Waals surface area contributed by atoms with Gasteiger partial charge in [-0.2, -0.15) is 11.8 Å². The topological polar surface area (TPSA) is 61.4 Å². The number of likely N-dealkylation sites (tertiary alicyclic amines) is 1. The number of nitrogens with zero attached hydrogens (tertiary/aromatic N) is 4. The van der Waals surface area contributed by atoms with Gasteiger partial charge in [0.05, 0.1) is 5.75 Å². The molecule has 2 fully saturated rings. The van der Waals surface area contributed by atoms with Crippen molar-refractivity contribution in [1.82, 2.24) is 20.2 Å². The third-order valence-corrected chi connectivity index (χ3v) is 5.54. The first-order valence-corrected chi connectivity index (χ1v) is 10.1. The summed E-state index contributed by atoms with van der Waals surface area (Å²) in [5.74, 6) is 2.52. The molecule has 3 heterocycles. The average molecular weight is 350 g/mol. The second kappa shape index (κ2) is 9.22. The number of hydrogen-bond donors (Lipinski definition) is 1. The van der Waals surface area contributed by atoms with Gasteiger partial charge in [0.25, 0.3) is 0 Å². The van der Waals surface area contributed by atoms with E-state index in [9.17, 15) is 4.79 Å². The van der Waals surface area contributed by atoms with Crippen LogP contribution in [0.1, 0.15) is 25.7 Å². The number of anilines is 1. The molecule has 1 N–H and O–H groups in total. The number of amides is 1. The number of carbonyl (C=O) groups is 1. The quantitative estimate of drug-likeness (QED) is 0.751. The zero-order chi connectivity index (χ0) is 16.6. The lowest BCUT2D eigenvalue weighted by atomic mass is 10.1. The highest BCUT2D eigenvalue weighted by Gasteiger charge is 2.22. The molecule has 0 saturated carbocycles. The maximum atomic E-state index is 12.2. The summed E-state index contributed by atoms with van der Waals surface area (Å²) >= 11 is 1.74. The molecule has 2 saturated heterocycles. The summed E-state index contributed by atoms with van der Waals surface area (Å²) in [4.78, 5) is 25.4. The molecule has 1 atom stereocenters. The summed E-state index contributed by atoms with van der Waals surface area (Å²) in [5, 5.41) is 3.18. The molecule has 24 heavy (non-hydrogen) atoms. The number of piperidine rings is 1. The van der Waals surface area contributed by atoms with Crippen molar-refractivity contribution in [2.45, 2.75) is 31.7 Å². The van der Waals surface area contributed by atoms with Crippen LogP contribution in [-0.4, -0.2) is 71.0 Å². The lowest BCUT2D eigenvalue weighted by Crippen LogP contribution is -2.48. The Morgan fingerprint density at radius 2 is 2.00 bits per heavy atom. The second-order valence-corrected chi connectivity index (χ2v) is 7.61. The molecule has 0 bridgehead atoms. The van der Waals surface area contributed by atoms with E-state index in [0.29, 0.717) is 5.75 Å². The molecule has 2 aliphatic rings. The van der Waals surface area contributed by atoms with Crippen molar-refractivity contribution in [1.29, 1.82) is 0 Å². The standard InChI is InChI=1S/C17H27N5OS/c23-16(14-24-12-11-21-8-1-2-9-21)20-15-5-3-10-22(13-15)17-18-6-4-7-19-17/h4,6-7,15H,1-3,5,8-14H2,(H,20,23). The van der Waals surface area contributed by atoms with Crippen LogP contribution in [0.2, 0.25) is 0 Å². The molecular formula is C17H27N5OS. The Hall–Kier alpha value is -1.34. The molecule has 2 aliphatic heterocycles. The second-order valence-electron chi connectivity index (χ2n) is 6.50. The Balaban J connectivity index is 1.34. The van der Waals surface area contributed by atoms with Crippen LogP contribution in [0.25, 0.3) is 0 Å². The van der Waals surface area contributed by atoms with Crippen molar-refractivity contribution in [3.8, 4) is 0 Å². The van der Waals surface area contributed by atoms with Gasteiger partial charge in [0, 0.05) is 43.8 Å². The van der Waals surface area contributed by atoms with Gasteiger partial charge in [0.1, 0.15) is 0 Å². The molecule has 132 valence electrons. The van der Waals surface area contributed by atoms with E-state index >= 15 is 0 Å². The summed E-state index contributed by atoms with van der Waals surface area (Å²) in [7, 11) is 0. The van der Waals surface area contributed by atoms with Gasteiger partial charge in [0.15, 0.2) is 0 Å². The maximum Gasteiger partial charge on any atom is 0.230 e. The predicted molar refractivity (Wildman–Crippen MR) is 98.4 cm³/mol. The number of aromatic nitrogens is 2. The lowest BCUT2D eigenvalue weighted by Gasteiger charge is -2.33. The van der Waals surface area contributed by atoms with E-state index in [-0.39, 0.29) is 11.9 Å². The highest BCUT2D eigenvalue weighted by atomic mass is 32.2. The average Bonchev–Trinajstić information content (AvgIpc) is 3.13. The molecule has 6 nitrogen and oxygen atoms in total. The summed E-state index contributed by atoms with van der Waals surface area (Å²) in [6, 6.07) is 2.03. The van der Waals surface area contributed by atoms with Gasteiger partial charge in [-0.25, -0.2) is 9.97 Å². The van der Waals surface area contributed by atoms with Gasteiger partial charge in [-0.1, -0.05) is 0 Å². The van der Waals surface area contributed by atoms with Crippen LogP contribution in [0.15, 0.2) is 18.5 Å². The van der Waals surface area contributed by atoms with Crippen LogP contribution in [0.3, 0.4) is 0 Å². The molecule has 3 rings (SSSR count). The van der Waals surface area contributed by atoms with Crippen LogP contribution in [0, 0.1) is 0 Å². The molecule has 1 unspecified atom stereocenters. The largest absolute Gasteiger partial charge is 0.351 e. The molecule has 0 radical (unpaired) electrons. The van der Waals surface area contributed by atoms with Gasteiger partial charge in [-0.05, 0) is 44.8 Å². The molecule has 0 aromatic carbocycles. The Kier molecular flexibility index (Phi) is 6.72. The Morgan fingerprint density at radius 3 is 2.79 bits per heavy atom. The smallest absolute Gasteiger partial charge is 0.230 e. The van der Waals surface area contributed by atoms with Gasteiger partial charge >= 0.3 is 0 Å². The minimum atomic E-state index is 0.155. The van der Waals surface area contributed by atoms with Crippen molar-refractivity contribution in [2.24, 2.45) is 0 Å². The molecular weight excluding hydrogens is 322 g/mol. The fourth-order valence-electron chi connectivity index (χ4n) is 3.37. The van der Waals surface area contributed by atoms with Gasteiger partial charge in [-0.15, -0.1) is 0 Å². The van der Waals surface area contributed by atoms with Crippen LogP contribution in [-0.2, 0) is 4.79 Å². The van der Waals surface area contributed by atoms with E-state index in [1.165, 1.54) is 25.9 Å². The van der Waals surface area contributed by atoms with Gasteiger partial charge in [-0.3, -0.25) is 4.79 Å². The van der Waals surface area contributed by atoms with Crippen LogP contribution < -0.4 is 10.2 Å². The molecule has 1 amide bonds. The zero-order valence-corrected chi connectivity index (χ0v) is 15.0. The third-order valence-electron chi connectivity index (χ3n) is 4.61. The van der Waals surface area contributed by atoms with E-state index in [2.05, 4.69) is 25.1 Å². The van der Waals surface area contributed by atoms with E-state index < -0.39 is 0 Å². The molecule has 7 heteroatoms. The fourth-order valence-corrected chi connectivity index (χ4v) is 4.17. The van der Waals surface area contributed by atoms with E-state index in [0.717, 1.165) is 44.2 Å². The SMILES string of the molecule is O=C(CSCCN1CCCC1)NC1CCCN(c2ncccn2)C1. The van der Waals surface area contributed by atoms with Crippen molar-refractivity contribution in [3.63, 3.8) is 0 Å². The van der Waals surface area contributed by atoms with Crippen molar-refractivity contribution in [3.05, 3.63) is 18.5 Å². The number of nitrogens with one attached hydrogen (secondary N) is 1. The summed E-state index contributed by atoms with van der Waals surface area (Å²) in [5.41, 5.74) is 0. The summed E-state index contributed by atoms with van der Waals surface area (Å²) in [6.07, 6.45) is 8.28. The number of carbonyl (C=O) groups excluding carboxylic acids is 1. The summed E-state index contributed by atoms with van der Waals surface area (Å²) in [6.45, 7) is 5.33. The first-order chi connectivity index (χ1) is 11.8. The van der Waals surface area contributed by atoms with Gasteiger partial charge in [0.2, 0.25) is 11.9 Å². The third kappa shape index (κ3) is 5.34. The molecule has 0 aliphatic carbocycles. The number of hydrogen-bond acceptors (Lipinski definition) is 6. The minimum Gasteiger partial charge on any atom is -0.351 e. The monoisotopic (exact) mass is 349 g/mol. The first-order valence-electron chi connectivity index (χ1n) is 8.93. The normalized spacial score (nSPS) is 21.8. The predicted octanol–water partition coefficient (Wildman–Crippen LogP) is 1.39. The van der Waals surface area contributed by atoms with Crippen LogP contribution >= 0.6 is 11.8 Å². The van der Waals surface area contributed by atoms with Crippen LogP contribution in [0.5, 0.6) is 0 Å². The molecule has 1 aromatic heterocycles. The highest BCUT2D eigenvalue weighted by Crippen LogP contribution is 2.15. The maximum absolute atomic E-state index is 12.2. The van der Waals surface area contributed by atoms with Crippen LogP contribution in [0.4, 0.5) is 5.95 Å². The number of rotatable bonds is 7. The van der Waals surface area contributed by atoms with Gasteiger partial charge < -0.3 is 15.1 Å². The molecule has 0 spiro atoms. The summed E-state index contributed by atoms with van der Waals surface area (Å²) < 4.78 is 0. The van der Waals surface area contributed by atoms with E-state index in [1.54, 1.807) is 24.2 Å². The minimum absolute atomic E-state index is 0.155. The Bertz CT molecular complexity index is 509. The van der Waals surface area contributed by atoms with E-state index in [1.807, 2.05) is 6.07 Å². The highest BCUT2D eigenvalue weighted by molar-refractivity contribution is 7.99. The first kappa shape index (κ1) is 17.5.